The Hall–Kier alpha value is -1.92. The van der Waals surface area contributed by atoms with Crippen LogP contribution in [0.15, 0.2) is 54.2 Å². The molecule has 0 aromatic heterocycles. The van der Waals surface area contributed by atoms with E-state index < -0.39 is 11.5 Å². The van der Waals surface area contributed by atoms with Crippen LogP contribution in [0.4, 0.5) is 0 Å². The number of benzene rings is 1. The van der Waals surface area contributed by atoms with Gasteiger partial charge in [0.25, 0.3) is 0 Å². The summed E-state index contributed by atoms with van der Waals surface area (Å²) in [6.45, 7) is 12.0. The molecule has 236 valence electrons. The quantitative estimate of drug-likeness (QED) is 0.232. The topological polar surface area (TPSA) is 69.6 Å². The van der Waals surface area contributed by atoms with Gasteiger partial charge in [0.2, 0.25) is 5.91 Å². The second-order valence-corrected chi connectivity index (χ2v) is 14.4. The summed E-state index contributed by atoms with van der Waals surface area (Å²) < 4.78 is 0. The maximum atomic E-state index is 14.9. The number of nitrogens with one attached hydrogen (secondary N) is 1. The fraction of sp³-hybridized carbons (Fsp3) is 0.611. The Morgan fingerprint density at radius 2 is 1.81 bits per heavy atom. The number of piperazine rings is 1. The maximum Gasteiger partial charge on any atom is 0.233 e. The third kappa shape index (κ3) is 7.66. The van der Waals surface area contributed by atoms with Crippen molar-refractivity contribution in [3.05, 3.63) is 69.8 Å². The molecule has 1 fully saturated rings. The molecule has 1 aliphatic heterocycles. The van der Waals surface area contributed by atoms with Crippen LogP contribution in [0.25, 0.3) is 0 Å². The lowest BCUT2D eigenvalue weighted by Crippen LogP contribution is -2.61. The molecule has 2 aliphatic carbocycles. The molecular weight excluding hydrogens is 579 g/mol. The number of hydrogen-bond donors (Lipinski definition) is 2. The Morgan fingerprint density at radius 3 is 2.49 bits per heavy atom. The highest BCUT2D eigenvalue weighted by Crippen LogP contribution is 2.58. The standard InChI is InChI=1S/C36H50Cl2N2O3/c1-6-30(41)20-32-26(4)36(28-12-9-10-17-35(32,5)21-28,34(43)40-22-24(2)39-25(3)23-40)18-16-31(42)13-8-7-11-27-14-15-29(37)19-33(27)38/h9-10,12,14-15,17,19,21,24-26,30,32,39,41H,6-8,11,13,16,18,20,22-23H2,1-5H3. The summed E-state index contributed by atoms with van der Waals surface area (Å²) in [5.41, 5.74) is 0.949. The van der Waals surface area contributed by atoms with Crippen LogP contribution in [0, 0.1) is 22.7 Å². The van der Waals surface area contributed by atoms with Gasteiger partial charge in [-0.1, -0.05) is 80.4 Å². The summed E-state index contributed by atoms with van der Waals surface area (Å²) in [4.78, 5) is 30.3. The van der Waals surface area contributed by atoms with E-state index in [1.807, 2.05) is 30.0 Å². The van der Waals surface area contributed by atoms with E-state index in [4.69, 9.17) is 23.2 Å². The number of fused-ring (bicyclic) bond motifs is 1. The van der Waals surface area contributed by atoms with Crippen molar-refractivity contribution in [1.29, 1.82) is 0 Å². The molecule has 2 bridgehead atoms. The first-order chi connectivity index (χ1) is 20.4. The van der Waals surface area contributed by atoms with Crippen LogP contribution in [0.5, 0.6) is 0 Å². The zero-order chi connectivity index (χ0) is 31.4. The zero-order valence-electron chi connectivity index (χ0n) is 26.5. The molecule has 1 saturated heterocycles. The molecule has 7 heteroatoms. The highest BCUT2D eigenvalue weighted by molar-refractivity contribution is 6.35. The van der Waals surface area contributed by atoms with Crippen molar-refractivity contribution in [2.45, 2.75) is 104 Å². The highest BCUT2D eigenvalue weighted by atomic mass is 35.5. The Labute approximate surface area is 268 Å². The molecule has 4 rings (SSSR count). The summed E-state index contributed by atoms with van der Waals surface area (Å²) in [6.07, 6.45) is 15.3. The molecule has 43 heavy (non-hydrogen) atoms. The van der Waals surface area contributed by atoms with E-state index in [9.17, 15) is 14.7 Å². The molecule has 1 amide bonds. The summed E-state index contributed by atoms with van der Waals surface area (Å²) in [5.74, 6) is 0.321. The van der Waals surface area contributed by atoms with Gasteiger partial charge in [0.15, 0.2) is 0 Å². The van der Waals surface area contributed by atoms with E-state index in [1.54, 1.807) is 6.07 Å². The summed E-state index contributed by atoms with van der Waals surface area (Å²) >= 11 is 12.4. The van der Waals surface area contributed by atoms with Crippen LogP contribution in [0.1, 0.15) is 85.1 Å². The molecule has 5 nitrogen and oxygen atoms in total. The molecule has 2 N–H and O–H groups in total. The van der Waals surface area contributed by atoms with Gasteiger partial charge >= 0.3 is 0 Å². The van der Waals surface area contributed by atoms with Crippen molar-refractivity contribution in [3.8, 4) is 0 Å². The number of aliphatic hydroxyl groups is 1. The number of amides is 1. The van der Waals surface area contributed by atoms with Crippen molar-refractivity contribution < 1.29 is 14.7 Å². The van der Waals surface area contributed by atoms with Gasteiger partial charge in [0.05, 0.1) is 11.5 Å². The van der Waals surface area contributed by atoms with Gasteiger partial charge in [0, 0.05) is 53.5 Å². The van der Waals surface area contributed by atoms with Crippen LogP contribution < -0.4 is 5.32 Å². The van der Waals surface area contributed by atoms with Crippen LogP contribution in [-0.2, 0) is 16.0 Å². The van der Waals surface area contributed by atoms with Gasteiger partial charge in [-0.15, -0.1) is 0 Å². The van der Waals surface area contributed by atoms with Crippen molar-refractivity contribution in [2.24, 2.45) is 22.7 Å². The zero-order valence-corrected chi connectivity index (χ0v) is 28.1. The van der Waals surface area contributed by atoms with Gasteiger partial charge in [0.1, 0.15) is 5.78 Å². The molecule has 7 unspecified atom stereocenters. The van der Waals surface area contributed by atoms with Gasteiger partial charge in [-0.2, -0.15) is 0 Å². The summed E-state index contributed by atoms with van der Waals surface area (Å²) in [7, 11) is 0. The molecular formula is C36H50Cl2N2O3. The summed E-state index contributed by atoms with van der Waals surface area (Å²) in [5, 5.41) is 15.7. The molecule has 1 heterocycles. The Morgan fingerprint density at radius 1 is 1.09 bits per heavy atom. The number of rotatable bonds is 12. The first-order valence-electron chi connectivity index (χ1n) is 16.2. The Balaban J connectivity index is 1.58. The molecule has 0 spiro atoms. The van der Waals surface area contributed by atoms with Crippen LogP contribution in [-0.4, -0.2) is 53.0 Å². The maximum absolute atomic E-state index is 14.9. The molecule has 1 aromatic carbocycles. The normalized spacial score (nSPS) is 31.0. The Kier molecular flexibility index (Phi) is 11.4. The largest absolute Gasteiger partial charge is 0.393 e. The van der Waals surface area contributed by atoms with Crippen LogP contribution >= 0.6 is 23.2 Å². The number of ketones is 1. The summed E-state index contributed by atoms with van der Waals surface area (Å²) in [6, 6.07) is 5.95. The van der Waals surface area contributed by atoms with E-state index >= 15 is 0 Å². The van der Waals surface area contributed by atoms with Gasteiger partial charge in [-0.05, 0) is 87.5 Å². The number of aliphatic hydroxyl groups excluding tert-OH is 1. The van der Waals surface area contributed by atoms with Crippen LogP contribution in [0.3, 0.4) is 0 Å². The van der Waals surface area contributed by atoms with E-state index in [0.29, 0.717) is 55.2 Å². The van der Waals surface area contributed by atoms with Gasteiger partial charge in [-0.25, -0.2) is 0 Å². The number of unbranched alkanes of at least 4 members (excludes halogenated alkanes) is 1. The SMILES string of the molecule is CCC(O)CC1C(C)C(CCC(=O)CCCCc2ccc(Cl)cc2Cl)(C(=O)N2CC(C)NC(C)C2)C2=CC1(C)C=CC=C2. The van der Waals surface area contributed by atoms with E-state index in [1.165, 1.54) is 0 Å². The third-order valence-corrected chi connectivity index (χ3v) is 10.8. The minimum Gasteiger partial charge on any atom is -0.393 e. The van der Waals surface area contributed by atoms with Crippen molar-refractivity contribution in [3.63, 3.8) is 0 Å². The third-order valence-electron chi connectivity index (χ3n) is 10.2. The minimum atomic E-state index is -0.830. The lowest BCUT2D eigenvalue weighted by molar-refractivity contribution is -0.148. The van der Waals surface area contributed by atoms with E-state index in [2.05, 4.69) is 57.3 Å². The fourth-order valence-corrected chi connectivity index (χ4v) is 8.32. The average Bonchev–Trinajstić information content (AvgIpc) is 3.14. The molecule has 1 aromatic rings. The smallest absolute Gasteiger partial charge is 0.233 e. The first-order valence-corrected chi connectivity index (χ1v) is 16.9. The van der Waals surface area contributed by atoms with Crippen LogP contribution in [0.2, 0.25) is 10.0 Å². The second kappa shape index (κ2) is 14.5. The monoisotopic (exact) mass is 628 g/mol. The number of hydrogen-bond acceptors (Lipinski definition) is 4. The predicted molar refractivity (Wildman–Crippen MR) is 177 cm³/mol. The minimum absolute atomic E-state index is 0.0565. The van der Waals surface area contributed by atoms with Gasteiger partial charge in [-0.3, -0.25) is 9.59 Å². The number of Topliss-reactive ketones (excluding diaryl/α,β-unsaturated/α-hetero) is 1. The average molecular weight is 630 g/mol. The van der Waals surface area contributed by atoms with E-state index in [-0.39, 0.29) is 41.0 Å². The molecule has 7 atom stereocenters. The lowest BCUT2D eigenvalue weighted by atomic mass is 9.51. The second-order valence-electron chi connectivity index (χ2n) is 13.5. The fourth-order valence-electron chi connectivity index (χ4n) is 7.82. The predicted octanol–water partition coefficient (Wildman–Crippen LogP) is 7.74. The lowest BCUT2D eigenvalue weighted by Gasteiger charge is -2.54. The molecule has 0 radical (unpaired) electrons. The number of carbonyl (C=O) groups excluding carboxylic acids is 2. The molecule has 0 saturated carbocycles. The first kappa shape index (κ1) is 34.0. The van der Waals surface area contributed by atoms with Crippen molar-refractivity contribution in [1.82, 2.24) is 10.2 Å². The van der Waals surface area contributed by atoms with Crippen molar-refractivity contribution >= 4 is 34.9 Å². The van der Waals surface area contributed by atoms with Gasteiger partial charge < -0.3 is 15.3 Å². The number of halogens is 2. The Bertz CT molecular complexity index is 1250. The van der Waals surface area contributed by atoms with E-state index in [0.717, 1.165) is 30.4 Å². The number of aryl methyl sites for hydroxylation is 1. The molecule has 3 aliphatic rings. The highest BCUT2D eigenvalue weighted by Gasteiger charge is 2.57. The van der Waals surface area contributed by atoms with Crippen molar-refractivity contribution in [2.75, 3.05) is 13.1 Å². The number of allylic oxidation sites excluding steroid dienone is 5. The number of carbonyl (C=O) groups is 2. The number of nitrogens with zero attached hydrogens (tertiary/aromatic N) is 1.